The van der Waals surface area contributed by atoms with Gasteiger partial charge < -0.3 is 15.2 Å². The maximum Gasteiger partial charge on any atom is 0.267 e. The monoisotopic (exact) mass is 349 g/mol. The Bertz CT molecular complexity index is 647. The van der Waals surface area contributed by atoms with Crippen molar-refractivity contribution >= 4 is 27.7 Å². The van der Waals surface area contributed by atoms with Crippen molar-refractivity contribution in [3.05, 3.63) is 57.8 Å². The summed E-state index contributed by atoms with van der Waals surface area (Å²) in [5, 5.41) is 2.81. The number of amides is 2. The summed E-state index contributed by atoms with van der Waals surface area (Å²) in [6, 6.07) is 8.90. The van der Waals surface area contributed by atoms with Gasteiger partial charge in [-0.3, -0.25) is 9.59 Å². The minimum Gasteiger partial charge on any atom is -0.356 e. The van der Waals surface area contributed by atoms with Crippen molar-refractivity contribution in [2.45, 2.75) is 6.54 Å². The van der Waals surface area contributed by atoms with Crippen LogP contribution in [0.2, 0.25) is 0 Å². The molecule has 0 aliphatic rings. The molecule has 1 aromatic carbocycles. The van der Waals surface area contributed by atoms with Crippen LogP contribution >= 0.6 is 15.9 Å². The molecule has 0 spiro atoms. The summed E-state index contributed by atoms with van der Waals surface area (Å²) in [6.45, 7) is 0.409. The first kappa shape index (κ1) is 15.3. The van der Waals surface area contributed by atoms with Gasteiger partial charge in [0, 0.05) is 36.9 Å². The zero-order valence-electron chi connectivity index (χ0n) is 11.8. The summed E-state index contributed by atoms with van der Waals surface area (Å²) in [5.41, 5.74) is 2.06. The van der Waals surface area contributed by atoms with E-state index in [1.54, 1.807) is 38.5 Å². The molecule has 0 atom stereocenters. The molecule has 0 radical (unpaired) electrons. The number of aromatic amines is 1. The Morgan fingerprint density at radius 1 is 1.24 bits per heavy atom. The summed E-state index contributed by atoms with van der Waals surface area (Å²) >= 11 is 3.28. The standard InChI is InChI=1S/C15H16BrN3O2/c1-19(2)15(21)11-5-3-10(4-6-11)8-18-14(20)13-7-12(16)9-17-13/h3-7,9,17H,8H2,1-2H3,(H,18,20). The van der Waals surface area contributed by atoms with Crippen molar-refractivity contribution in [3.63, 3.8) is 0 Å². The zero-order valence-corrected chi connectivity index (χ0v) is 13.4. The zero-order chi connectivity index (χ0) is 15.4. The first-order valence-corrected chi connectivity index (χ1v) is 7.19. The molecule has 6 heteroatoms. The number of benzene rings is 1. The molecule has 21 heavy (non-hydrogen) atoms. The van der Waals surface area contributed by atoms with Gasteiger partial charge in [-0.1, -0.05) is 12.1 Å². The lowest BCUT2D eigenvalue weighted by Gasteiger charge is -2.10. The lowest BCUT2D eigenvalue weighted by molar-refractivity contribution is 0.0827. The lowest BCUT2D eigenvalue weighted by atomic mass is 10.1. The number of H-pyrrole nitrogens is 1. The van der Waals surface area contributed by atoms with Gasteiger partial charge in [0.2, 0.25) is 0 Å². The van der Waals surface area contributed by atoms with Crippen molar-refractivity contribution in [1.29, 1.82) is 0 Å². The van der Waals surface area contributed by atoms with Gasteiger partial charge in [0.25, 0.3) is 11.8 Å². The van der Waals surface area contributed by atoms with Crippen molar-refractivity contribution in [1.82, 2.24) is 15.2 Å². The Labute approximate surface area is 131 Å². The van der Waals surface area contributed by atoms with E-state index in [-0.39, 0.29) is 11.8 Å². The average Bonchev–Trinajstić information content (AvgIpc) is 2.91. The summed E-state index contributed by atoms with van der Waals surface area (Å²) in [7, 11) is 3.43. The highest BCUT2D eigenvalue weighted by Gasteiger charge is 2.09. The molecule has 0 saturated carbocycles. The van der Waals surface area contributed by atoms with Crippen molar-refractivity contribution in [2.75, 3.05) is 14.1 Å². The smallest absolute Gasteiger partial charge is 0.267 e. The molecular weight excluding hydrogens is 334 g/mol. The molecular formula is C15H16BrN3O2. The van der Waals surface area contributed by atoms with Crippen LogP contribution in [-0.2, 0) is 6.54 Å². The molecule has 1 aromatic heterocycles. The summed E-state index contributed by atoms with van der Waals surface area (Å²) < 4.78 is 0.833. The van der Waals surface area contributed by atoms with E-state index in [0.717, 1.165) is 10.0 Å². The highest BCUT2D eigenvalue weighted by molar-refractivity contribution is 9.10. The number of aromatic nitrogens is 1. The lowest BCUT2D eigenvalue weighted by Crippen LogP contribution is -2.23. The van der Waals surface area contributed by atoms with Crippen LogP contribution in [0, 0.1) is 0 Å². The summed E-state index contributed by atoms with van der Waals surface area (Å²) in [4.78, 5) is 28.0. The maximum atomic E-state index is 11.9. The molecule has 1 heterocycles. The van der Waals surface area contributed by atoms with Crippen molar-refractivity contribution in [2.24, 2.45) is 0 Å². The van der Waals surface area contributed by atoms with E-state index in [0.29, 0.717) is 17.8 Å². The van der Waals surface area contributed by atoms with Crippen LogP contribution in [0.25, 0.3) is 0 Å². The quantitative estimate of drug-likeness (QED) is 0.889. The maximum absolute atomic E-state index is 11.9. The van der Waals surface area contributed by atoms with Crippen LogP contribution in [0.15, 0.2) is 41.0 Å². The Hall–Kier alpha value is -2.08. The molecule has 2 amide bonds. The molecule has 2 aromatic rings. The molecule has 0 aliphatic heterocycles. The number of carbonyl (C=O) groups excluding carboxylic acids is 2. The first-order valence-electron chi connectivity index (χ1n) is 6.40. The third-order valence-electron chi connectivity index (χ3n) is 2.95. The average molecular weight is 350 g/mol. The normalized spacial score (nSPS) is 10.2. The fourth-order valence-corrected chi connectivity index (χ4v) is 2.14. The predicted molar refractivity (Wildman–Crippen MR) is 84.1 cm³/mol. The molecule has 0 saturated heterocycles. The van der Waals surface area contributed by atoms with Crippen LogP contribution in [0.1, 0.15) is 26.4 Å². The Balaban J connectivity index is 1.95. The molecule has 5 nitrogen and oxygen atoms in total. The number of hydrogen-bond acceptors (Lipinski definition) is 2. The van der Waals surface area contributed by atoms with Gasteiger partial charge in [0.15, 0.2) is 0 Å². The number of rotatable bonds is 4. The summed E-state index contributed by atoms with van der Waals surface area (Å²) in [5.74, 6) is -0.212. The van der Waals surface area contributed by atoms with Gasteiger partial charge in [0.05, 0.1) is 0 Å². The van der Waals surface area contributed by atoms with Crippen LogP contribution < -0.4 is 5.32 Å². The third kappa shape index (κ3) is 3.95. The highest BCUT2D eigenvalue weighted by atomic mass is 79.9. The van der Waals surface area contributed by atoms with E-state index in [9.17, 15) is 9.59 Å². The Kier molecular flexibility index (Phi) is 4.80. The number of hydrogen-bond donors (Lipinski definition) is 2. The third-order valence-corrected chi connectivity index (χ3v) is 3.41. The van der Waals surface area contributed by atoms with Gasteiger partial charge in [0.1, 0.15) is 5.69 Å². The van der Waals surface area contributed by atoms with Crippen molar-refractivity contribution < 1.29 is 9.59 Å². The van der Waals surface area contributed by atoms with Gasteiger partial charge in [-0.05, 0) is 39.7 Å². The highest BCUT2D eigenvalue weighted by Crippen LogP contribution is 2.11. The second-order valence-corrected chi connectivity index (χ2v) is 5.73. The minimum absolute atomic E-state index is 0.0400. The van der Waals surface area contributed by atoms with Gasteiger partial charge in [-0.2, -0.15) is 0 Å². The van der Waals surface area contributed by atoms with E-state index >= 15 is 0 Å². The second kappa shape index (κ2) is 6.58. The summed E-state index contributed by atoms with van der Waals surface area (Å²) in [6.07, 6.45) is 1.70. The molecule has 0 unspecified atom stereocenters. The van der Waals surface area contributed by atoms with E-state index in [4.69, 9.17) is 0 Å². The molecule has 0 aliphatic carbocycles. The van der Waals surface area contributed by atoms with E-state index in [1.807, 2.05) is 12.1 Å². The molecule has 110 valence electrons. The van der Waals surface area contributed by atoms with Crippen LogP contribution in [-0.4, -0.2) is 35.8 Å². The number of carbonyl (C=O) groups is 2. The van der Waals surface area contributed by atoms with Crippen LogP contribution in [0.5, 0.6) is 0 Å². The van der Waals surface area contributed by atoms with Crippen LogP contribution in [0.3, 0.4) is 0 Å². The van der Waals surface area contributed by atoms with E-state index in [1.165, 1.54) is 4.90 Å². The molecule has 0 bridgehead atoms. The molecule has 2 N–H and O–H groups in total. The number of nitrogens with zero attached hydrogens (tertiary/aromatic N) is 1. The van der Waals surface area contributed by atoms with Crippen molar-refractivity contribution in [3.8, 4) is 0 Å². The van der Waals surface area contributed by atoms with Gasteiger partial charge in [-0.15, -0.1) is 0 Å². The van der Waals surface area contributed by atoms with E-state index in [2.05, 4.69) is 26.2 Å². The van der Waals surface area contributed by atoms with E-state index < -0.39 is 0 Å². The molecule has 2 rings (SSSR count). The Morgan fingerprint density at radius 2 is 1.90 bits per heavy atom. The topological polar surface area (TPSA) is 65.2 Å². The fraction of sp³-hybridized carbons (Fsp3) is 0.200. The molecule has 0 fully saturated rings. The van der Waals surface area contributed by atoms with Gasteiger partial charge >= 0.3 is 0 Å². The van der Waals surface area contributed by atoms with Gasteiger partial charge in [-0.25, -0.2) is 0 Å². The Morgan fingerprint density at radius 3 is 2.43 bits per heavy atom. The fourth-order valence-electron chi connectivity index (χ4n) is 1.80. The largest absolute Gasteiger partial charge is 0.356 e. The van der Waals surface area contributed by atoms with Crippen LogP contribution in [0.4, 0.5) is 0 Å². The number of nitrogens with one attached hydrogen (secondary N) is 2. The second-order valence-electron chi connectivity index (χ2n) is 4.81. The first-order chi connectivity index (χ1) is 9.97. The SMILES string of the molecule is CN(C)C(=O)c1ccc(CNC(=O)c2cc(Br)c[nH]2)cc1. The number of halogens is 1. The minimum atomic E-state index is -0.172. The predicted octanol–water partition coefficient (Wildman–Crippen LogP) is 2.41.